The third-order valence-electron chi connectivity index (χ3n) is 2.27. The minimum absolute atomic E-state index is 0.0910. The zero-order valence-corrected chi connectivity index (χ0v) is 10.3. The lowest BCUT2D eigenvalue weighted by Crippen LogP contribution is -2.37. The predicted octanol–water partition coefficient (Wildman–Crippen LogP) is 1.26. The van der Waals surface area contributed by atoms with Gasteiger partial charge in [0.25, 0.3) is 0 Å². The number of ether oxygens (including phenoxy) is 1. The molecular weight excluding hydrogens is 218 g/mol. The largest absolute Gasteiger partial charge is 0.385 e. The summed E-state index contributed by atoms with van der Waals surface area (Å²) in [6, 6.07) is 5.57. The summed E-state index contributed by atoms with van der Waals surface area (Å²) in [5.74, 6) is 0. The summed E-state index contributed by atoms with van der Waals surface area (Å²) >= 11 is 0. The summed E-state index contributed by atoms with van der Waals surface area (Å²) in [5, 5.41) is 2.82. The summed E-state index contributed by atoms with van der Waals surface area (Å²) in [4.78, 5) is 17.4. The van der Waals surface area contributed by atoms with Crippen molar-refractivity contribution in [1.29, 1.82) is 0 Å². The van der Waals surface area contributed by atoms with Crippen LogP contribution in [0.4, 0.5) is 4.79 Å². The maximum atomic E-state index is 11.7. The number of rotatable bonds is 6. The van der Waals surface area contributed by atoms with E-state index in [2.05, 4.69) is 10.3 Å². The number of carbonyl (C=O) groups is 1. The van der Waals surface area contributed by atoms with Crippen LogP contribution in [-0.4, -0.2) is 43.2 Å². The van der Waals surface area contributed by atoms with Gasteiger partial charge in [-0.1, -0.05) is 6.07 Å². The highest BCUT2D eigenvalue weighted by Gasteiger charge is 2.08. The van der Waals surface area contributed by atoms with Crippen LogP contribution in [0, 0.1) is 0 Å². The number of urea groups is 1. The summed E-state index contributed by atoms with van der Waals surface area (Å²) < 4.78 is 4.90. The maximum Gasteiger partial charge on any atom is 0.317 e. The van der Waals surface area contributed by atoms with Gasteiger partial charge in [0.05, 0.1) is 12.2 Å². The molecule has 0 aromatic carbocycles. The maximum absolute atomic E-state index is 11.7. The summed E-state index contributed by atoms with van der Waals surface area (Å²) in [5.41, 5.74) is 0.877. The van der Waals surface area contributed by atoms with Gasteiger partial charge in [-0.25, -0.2) is 4.79 Å². The Balaban J connectivity index is 2.27. The number of methoxy groups -OCH3 is 1. The fourth-order valence-corrected chi connectivity index (χ4v) is 1.35. The molecule has 0 aliphatic heterocycles. The first kappa shape index (κ1) is 13.4. The van der Waals surface area contributed by atoms with Crippen molar-refractivity contribution in [3.8, 4) is 0 Å². The Kier molecular flexibility index (Phi) is 6.03. The number of carbonyl (C=O) groups excluding carboxylic acids is 1. The van der Waals surface area contributed by atoms with Gasteiger partial charge in [0.1, 0.15) is 0 Å². The topological polar surface area (TPSA) is 54.5 Å². The molecule has 0 spiro atoms. The van der Waals surface area contributed by atoms with Crippen molar-refractivity contribution in [2.24, 2.45) is 0 Å². The monoisotopic (exact) mass is 237 g/mol. The van der Waals surface area contributed by atoms with E-state index in [9.17, 15) is 4.79 Å². The smallest absolute Gasteiger partial charge is 0.317 e. The van der Waals surface area contributed by atoms with E-state index in [1.807, 2.05) is 18.2 Å². The van der Waals surface area contributed by atoms with Crippen LogP contribution < -0.4 is 5.32 Å². The SMILES string of the molecule is COCCCNC(=O)N(C)Cc1ccccn1. The molecule has 0 aliphatic rings. The molecule has 1 aromatic rings. The number of nitrogens with one attached hydrogen (secondary N) is 1. The van der Waals surface area contributed by atoms with Gasteiger partial charge in [-0.2, -0.15) is 0 Å². The van der Waals surface area contributed by atoms with Crippen LogP contribution >= 0.6 is 0 Å². The van der Waals surface area contributed by atoms with E-state index in [0.29, 0.717) is 19.7 Å². The van der Waals surface area contributed by atoms with Crippen LogP contribution in [0.15, 0.2) is 24.4 Å². The molecule has 0 aliphatic carbocycles. The molecule has 0 unspecified atom stereocenters. The fourth-order valence-electron chi connectivity index (χ4n) is 1.35. The quantitative estimate of drug-likeness (QED) is 0.758. The number of amides is 2. The second-order valence-electron chi connectivity index (χ2n) is 3.76. The average molecular weight is 237 g/mol. The van der Waals surface area contributed by atoms with Crippen LogP contribution in [0.2, 0.25) is 0 Å². The van der Waals surface area contributed by atoms with Crippen molar-refractivity contribution in [2.75, 3.05) is 27.3 Å². The van der Waals surface area contributed by atoms with Crippen molar-refractivity contribution in [2.45, 2.75) is 13.0 Å². The van der Waals surface area contributed by atoms with Crippen LogP contribution in [-0.2, 0) is 11.3 Å². The van der Waals surface area contributed by atoms with E-state index in [1.54, 1.807) is 25.3 Å². The van der Waals surface area contributed by atoms with E-state index in [4.69, 9.17) is 4.74 Å². The lowest BCUT2D eigenvalue weighted by molar-refractivity contribution is 0.188. The third kappa shape index (κ3) is 5.31. The molecule has 5 nitrogen and oxygen atoms in total. The molecule has 17 heavy (non-hydrogen) atoms. The molecule has 0 saturated heterocycles. The predicted molar refractivity (Wildman–Crippen MR) is 65.6 cm³/mol. The molecule has 1 rings (SSSR count). The molecule has 2 amide bonds. The van der Waals surface area contributed by atoms with E-state index in [-0.39, 0.29) is 6.03 Å². The summed E-state index contributed by atoms with van der Waals surface area (Å²) in [6.07, 6.45) is 2.54. The van der Waals surface area contributed by atoms with E-state index in [0.717, 1.165) is 12.1 Å². The van der Waals surface area contributed by atoms with Crippen molar-refractivity contribution in [3.05, 3.63) is 30.1 Å². The first-order valence-electron chi connectivity index (χ1n) is 5.62. The zero-order valence-electron chi connectivity index (χ0n) is 10.3. The molecule has 94 valence electrons. The van der Waals surface area contributed by atoms with E-state index in [1.165, 1.54) is 0 Å². The second kappa shape index (κ2) is 7.62. The van der Waals surface area contributed by atoms with Crippen molar-refractivity contribution in [3.63, 3.8) is 0 Å². The Bertz CT molecular complexity index is 330. The first-order chi connectivity index (χ1) is 8.24. The second-order valence-corrected chi connectivity index (χ2v) is 3.76. The number of hydrogen-bond donors (Lipinski definition) is 1. The molecule has 0 saturated carbocycles. The van der Waals surface area contributed by atoms with E-state index < -0.39 is 0 Å². The van der Waals surface area contributed by atoms with Gasteiger partial charge in [0, 0.05) is 33.5 Å². The molecule has 0 fully saturated rings. The lowest BCUT2D eigenvalue weighted by Gasteiger charge is -2.17. The number of aromatic nitrogens is 1. The van der Waals surface area contributed by atoms with E-state index >= 15 is 0 Å². The minimum Gasteiger partial charge on any atom is -0.385 e. The molecule has 1 N–H and O–H groups in total. The lowest BCUT2D eigenvalue weighted by atomic mass is 10.3. The summed E-state index contributed by atoms with van der Waals surface area (Å²) in [7, 11) is 3.40. The third-order valence-corrected chi connectivity index (χ3v) is 2.27. The van der Waals surface area contributed by atoms with Gasteiger partial charge >= 0.3 is 6.03 Å². The number of nitrogens with zero attached hydrogens (tertiary/aromatic N) is 2. The molecule has 0 atom stereocenters. The van der Waals surface area contributed by atoms with Crippen molar-refractivity contribution in [1.82, 2.24) is 15.2 Å². The van der Waals surface area contributed by atoms with Crippen molar-refractivity contribution >= 4 is 6.03 Å². The Hall–Kier alpha value is -1.62. The minimum atomic E-state index is -0.0910. The normalized spacial score (nSPS) is 10.0. The highest BCUT2D eigenvalue weighted by Crippen LogP contribution is 1.98. The number of hydrogen-bond acceptors (Lipinski definition) is 3. The van der Waals surface area contributed by atoms with Gasteiger partial charge in [-0.3, -0.25) is 4.98 Å². The summed E-state index contributed by atoms with van der Waals surface area (Å²) in [6.45, 7) is 1.79. The highest BCUT2D eigenvalue weighted by atomic mass is 16.5. The van der Waals surface area contributed by atoms with Gasteiger partial charge in [-0.15, -0.1) is 0 Å². The van der Waals surface area contributed by atoms with Gasteiger partial charge in [0.15, 0.2) is 0 Å². The zero-order chi connectivity index (χ0) is 12.5. The highest BCUT2D eigenvalue weighted by molar-refractivity contribution is 5.73. The van der Waals surface area contributed by atoms with Crippen LogP contribution in [0.3, 0.4) is 0 Å². The Morgan fingerprint density at radius 1 is 1.53 bits per heavy atom. The first-order valence-corrected chi connectivity index (χ1v) is 5.62. The standard InChI is InChI=1S/C12H19N3O2/c1-15(10-11-6-3-4-7-13-11)12(16)14-8-5-9-17-2/h3-4,6-7H,5,8-10H2,1-2H3,(H,14,16). The van der Waals surface area contributed by atoms with Gasteiger partial charge in [-0.05, 0) is 18.6 Å². The van der Waals surface area contributed by atoms with Crippen LogP contribution in [0.5, 0.6) is 0 Å². The van der Waals surface area contributed by atoms with Crippen LogP contribution in [0.1, 0.15) is 12.1 Å². The average Bonchev–Trinajstić information content (AvgIpc) is 2.35. The molecular formula is C12H19N3O2. The Labute approximate surface area is 102 Å². The molecule has 1 aromatic heterocycles. The molecule has 1 heterocycles. The fraction of sp³-hybridized carbons (Fsp3) is 0.500. The molecule has 0 bridgehead atoms. The Morgan fingerprint density at radius 3 is 3.00 bits per heavy atom. The molecule has 0 radical (unpaired) electrons. The van der Waals surface area contributed by atoms with Crippen LogP contribution in [0.25, 0.3) is 0 Å². The Morgan fingerprint density at radius 2 is 2.35 bits per heavy atom. The molecule has 5 heteroatoms. The van der Waals surface area contributed by atoms with Crippen molar-refractivity contribution < 1.29 is 9.53 Å². The van der Waals surface area contributed by atoms with Gasteiger partial charge < -0.3 is 15.0 Å². The van der Waals surface area contributed by atoms with Gasteiger partial charge in [0.2, 0.25) is 0 Å². The number of pyridine rings is 1.